The first-order valence-corrected chi connectivity index (χ1v) is 5.43. The van der Waals surface area contributed by atoms with Crippen LogP contribution in [-0.2, 0) is 5.54 Å². The molecule has 1 aromatic rings. The second-order valence-corrected chi connectivity index (χ2v) is 4.92. The van der Waals surface area contributed by atoms with E-state index in [1.807, 2.05) is 0 Å². The van der Waals surface area contributed by atoms with Crippen molar-refractivity contribution in [2.24, 2.45) is 11.7 Å². The van der Waals surface area contributed by atoms with Crippen molar-refractivity contribution < 1.29 is 0 Å². The quantitative estimate of drug-likeness (QED) is 0.760. The minimum atomic E-state index is -0.0183. The second-order valence-electron chi connectivity index (χ2n) is 4.92. The predicted octanol–water partition coefficient (Wildman–Crippen LogP) is 3.00. The van der Waals surface area contributed by atoms with E-state index in [4.69, 9.17) is 5.73 Å². The zero-order valence-electron chi connectivity index (χ0n) is 9.25. The van der Waals surface area contributed by atoms with Crippen molar-refractivity contribution in [1.82, 2.24) is 0 Å². The highest BCUT2D eigenvalue weighted by Gasteiger charge is 2.48. The van der Waals surface area contributed by atoms with Crippen LogP contribution in [-0.4, -0.2) is 0 Å². The molecule has 1 saturated carbocycles. The van der Waals surface area contributed by atoms with Crippen LogP contribution in [0.25, 0.3) is 0 Å². The number of rotatable bonds is 2. The SMILES string of the molecule is CC(C)c1ccc([C@]2(N)C[C@H]2C)cc1. The van der Waals surface area contributed by atoms with E-state index in [9.17, 15) is 0 Å². The van der Waals surface area contributed by atoms with E-state index >= 15 is 0 Å². The third-order valence-corrected chi connectivity index (χ3v) is 3.48. The third kappa shape index (κ3) is 1.46. The van der Waals surface area contributed by atoms with E-state index in [0.29, 0.717) is 11.8 Å². The van der Waals surface area contributed by atoms with Crippen molar-refractivity contribution in [3.8, 4) is 0 Å². The lowest BCUT2D eigenvalue weighted by atomic mass is 9.97. The average Bonchev–Trinajstić information content (AvgIpc) is 2.76. The van der Waals surface area contributed by atoms with Crippen molar-refractivity contribution in [3.63, 3.8) is 0 Å². The Hall–Kier alpha value is -0.820. The van der Waals surface area contributed by atoms with Crippen LogP contribution in [0.4, 0.5) is 0 Å². The minimum Gasteiger partial charge on any atom is -0.321 e. The summed E-state index contributed by atoms with van der Waals surface area (Å²) in [7, 11) is 0. The molecule has 0 spiro atoms. The molecular weight excluding hydrogens is 170 g/mol. The molecule has 0 unspecified atom stereocenters. The van der Waals surface area contributed by atoms with Gasteiger partial charge in [-0.05, 0) is 29.4 Å². The summed E-state index contributed by atoms with van der Waals surface area (Å²) >= 11 is 0. The van der Waals surface area contributed by atoms with Gasteiger partial charge in [0, 0.05) is 5.54 Å². The Morgan fingerprint density at radius 2 is 1.79 bits per heavy atom. The maximum absolute atomic E-state index is 6.24. The molecule has 1 heteroatoms. The Bertz CT molecular complexity index is 326. The van der Waals surface area contributed by atoms with Gasteiger partial charge in [-0.25, -0.2) is 0 Å². The van der Waals surface area contributed by atoms with Crippen molar-refractivity contribution in [2.75, 3.05) is 0 Å². The van der Waals surface area contributed by atoms with Gasteiger partial charge in [-0.3, -0.25) is 0 Å². The van der Waals surface area contributed by atoms with E-state index in [1.54, 1.807) is 0 Å². The van der Waals surface area contributed by atoms with Gasteiger partial charge >= 0.3 is 0 Å². The molecule has 1 aromatic carbocycles. The van der Waals surface area contributed by atoms with Crippen molar-refractivity contribution in [2.45, 2.75) is 38.6 Å². The summed E-state index contributed by atoms with van der Waals surface area (Å²) in [5.74, 6) is 1.25. The summed E-state index contributed by atoms with van der Waals surface area (Å²) in [6.07, 6.45) is 1.13. The molecule has 0 heterocycles. The van der Waals surface area contributed by atoms with Crippen LogP contribution in [0.1, 0.15) is 44.2 Å². The topological polar surface area (TPSA) is 26.0 Å². The van der Waals surface area contributed by atoms with Gasteiger partial charge in [-0.2, -0.15) is 0 Å². The second kappa shape index (κ2) is 3.09. The highest BCUT2D eigenvalue weighted by Crippen LogP contribution is 2.49. The van der Waals surface area contributed by atoms with E-state index < -0.39 is 0 Å². The molecule has 0 aliphatic heterocycles. The molecule has 1 fully saturated rings. The lowest BCUT2D eigenvalue weighted by Crippen LogP contribution is -2.21. The Morgan fingerprint density at radius 3 is 2.14 bits per heavy atom. The largest absolute Gasteiger partial charge is 0.321 e. The summed E-state index contributed by atoms with van der Waals surface area (Å²) in [6.45, 7) is 6.65. The molecule has 0 radical (unpaired) electrons. The van der Waals surface area contributed by atoms with Gasteiger partial charge < -0.3 is 5.73 Å². The van der Waals surface area contributed by atoms with Crippen LogP contribution in [0.5, 0.6) is 0 Å². The molecule has 0 aromatic heterocycles. The summed E-state index contributed by atoms with van der Waals surface area (Å²) in [6, 6.07) is 8.80. The van der Waals surface area contributed by atoms with Crippen LogP contribution in [0.15, 0.2) is 24.3 Å². The predicted molar refractivity (Wildman–Crippen MR) is 60.2 cm³/mol. The molecule has 0 saturated heterocycles. The van der Waals surface area contributed by atoms with Gasteiger partial charge in [0.15, 0.2) is 0 Å². The first kappa shape index (κ1) is 9.72. The van der Waals surface area contributed by atoms with E-state index in [1.165, 1.54) is 11.1 Å². The molecular formula is C13H19N. The summed E-state index contributed by atoms with van der Waals surface area (Å²) < 4.78 is 0. The number of benzene rings is 1. The highest BCUT2D eigenvalue weighted by atomic mass is 14.8. The van der Waals surface area contributed by atoms with Crippen LogP contribution < -0.4 is 5.73 Å². The van der Waals surface area contributed by atoms with Crippen molar-refractivity contribution in [3.05, 3.63) is 35.4 Å². The number of hydrogen-bond donors (Lipinski definition) is 1. The molecule has 2 rings (SSSR count). The van der Waals surface area contributed by atoms with Gasteiger partial charge in [0.25, 0.3) is 0 Å². The van der Waals surface area contributed by atoms with Crippen LogP contribution in [0, 0.1) is 5.92 Å². The van der Waals surface area contributed by atoms with Gasteiger partial charge in [-0.15, -0.1) is 0 Å². The fraction of sp³-hybridized carbons (Fsp3) is 0.538. The Kier molecular flexibility index (Phi) is 2.15. The highest BCUT2D eigenvalue weighted by molar-refractivity contribution is 5.34. The van der Waals surface area contributed by atoms with Gasteiger partial charge in [0.05, 0.1) is 0 Å². The Balaban J connectivity index is 2.23. The van der Waals surface area contributed by atoms with Crippen LogP contribution in [0.2, 0.25) is 0 Å². The van der Waals surface area contributed by atoms with Crippen molar-refractivity contribution in [1.29, 1.82) is 0 Å². The molecule has 14 heavy (non-hydrogen) atoms. The monoisotopic (exact) mass is 189 g/mol. The van der Waals surface area contributed by atoms with E-state index in [2.05, 4.69) is 45.0 Å². The molecule has 1 nitrogen and oxygen atoms in total. The minimum absolute atomic E-state index is 0.0183. The normalized spacial score (nSPS) is 30.8. The number of hydrogen-bond acceptors (Lipinski definition) is 1. The fourth-order valence-corrected chi connectivity index (χ4v) is 2.03. The first-order chi connectivity index (χ1) is 6.54. The third-order valence-electron chi connectivity index (χ3n) is 3.48. The van der Waals surface area contributed by atoms with Crippen molar-refractivity contribution >= 4 is 0 Å². The Morgan fingerprint density at radius 1 is 1.29 bits per heavy atom. The van der Waals surface area contributed by atoms with Gasteiger partial charge in [-0.1, -0.05) is 45.0 Å². The first-order valence-electron chi connectivity index (χ1n) is 5.43. The zero-order valence-corrected chi connectivity index (χ0v) is 9.25. The molecule has 1 aliphatic carbocycles. The maximum Gasteiger partial charge on any atom is 0.0439 e. The maximum atomic E-state index is 6.24. The Labute approximate surface area is 86.3 Å². The van der Waals surface area contributed by atoms with Crippen LogP contribution in [0.3, 0.4) is 0 Å². The average molecular weight is 189 g/mol. The summed E-state index contributed by atoms with van der Waals surface area (Å²) in [4.78, 5) is 0. The molecule has 0 bridgehead atoms. The standard InChI is InChI=1S/C13H19N/c1-9(2)11-4-6-12(7-5-11)13(14)8-10(13)3/h4-7,9-10H,8,14H2,1-3H3/t10-,13+/m1/s1. The molecule has 2 atom stereocenters. The lowest BCUT2D eigenvalue weighted by molar-refractivity contribution is 0.664. The van der Waals surface area contributed by atoms with E-state index in [-0.39, 0.29) is 5.54 Å². The molecule has 76 valence electrons. The lowest BCUT2D eigenvalue weighted by Gasteiger charge is -2.12. The summed E-state index contributed by atoms with van der Waals surface area (Å²) in [5.41, 5.74) is 8.91. The zero-order chi connectivity index (χ0) is 10.3. The van der Waals surface area contributed by atoms with E-state index in [0.717, 1.165) is 6.42 Å². The smallest absolute Gasteiger partial charge is 0.0439 e. The van der Waals surface area contributed by atoms with Gasteiger partial charge in [0.2, 0.25) is 0 Å². The fourth-order valence-electron chi connectivity index (χ4n) is 2.03. The molecule has 0 amide bonds. The summed E-state index contributed by atoms with van der Waals surface area (Å²) in [5, 5.41) is 0. The van der Waals surface area contributed by atoms with Crippen LogP contribution >= 0.6 is 0 Å². The number of nitrogens with two attached hydrogens (primary N) is 1. The molecule has 2 N–H and O–H groups in total. The van der Waals surface area contributed by atoms with Gasteiger partial charge in [0.1, 0.15) is 0 Å². The molecule has 1 aliphatic rings.